The van der Waals surface area contributed by atoms with E-state index in [1.165, 1.54) is 0 Å². The van der Waals surface area contributed by atoms with E-state index >= 15 is 0 Å². The second kappa shape index (κ2) is 6.41. The molecule has 0 radical (unpaired) electrons. The van der Waals surface area contributed by atoms with Crippen LogP contribution in [0.2, 0.25) is 0 Å². The fourth-order valence-corrected chi connectivity index (χ4v) is 2.35. The monoisotopic (exact) mass is 201 g/mol. The Morgan fingerprint density at radius 2 is 1.64 bits per heavy atom. The van der Waals surface area contributed by atoms with Crippen molar-refractivity contribution in [3.8, 4) is 0 Å². The van der Waals surface area contributed by atoms with Crippen LogP contribution in [0.1, 0.15) is 47.5 Å². The number of hydrogen-bond acceptors (Lipinski definition) is 2. The summed E-state index contributed by atoms with van der Waals surface area (Å²) < 4.78 is 5.75. The summed E-state index contributed by atoms with van der Waals surface area (Å²) in [5, 5.41) is 3.55. The maximum Gasteiger partial charge on any atom is 0.0828 e. The molecular formula is C12H27NO. The highest BCUT2D eigenvalue weighted by atomic mass is 16.5. The Hall–Kier alpha value is -0.0800. The summed E-state index contributed by atoms with van der Waals surface area (Å²) in [6.45, 7) is 12.1. The molecule has 0 aromatic carbocycles. The van der Waals surface area contributed by atoms with Gasteiger partial charge in [0, 0.05) is 13.2 Å². The van der Waals surface area contributed by atoms with Gasteiger partial charge < -0.3 is 10.1 Å². The van der Waals surface area contributed by atoms with Crippen LogP contribution in [0.25, 0.3) is 0 Å². The summed E-state index contributed by atoms with van der Waals surface area (Å²) in [5.74, 6) is 0.606. The third-order valence-electron chi connectivity index (χ3n) is 3.26. The van der Waals surface area contributed by atoms with Crippen LogP contribution in [-0.2, 0) is 4.74 Å². The minimum atomic E-state index is 0.00414. The first-order valence-corrected chi connectivity index (χ1v) is 5.86. The molecule has 0 rings (SSSR count). The molecule has 2 heteroatoms. The van der Waals surface area contributed by atoms with Gasteiger partial charge in [0.15, 0.2) is 0 Å². The molecule has 0 aliphatic rings. The molecule has 0 saturated carbocycles. The van der Waals surface area contributed by atoms with Crippen LogP contribution in [-0.4, -0.2) is 25.3 Å². The van der Waals surface area contributed by atoms with Crippen molar-refractivity contribution in [3.63, 3.8) is 0 Å². The summed E-state index contributed by atoms with van der Waals surface area (Å²) in [6, 6.07) is 0.451. The number of hydrogen-bond donors (Lipinski definition) is 1. The summed E-state index contributed by atoms with van der Waals surface area (Å²) in [7, 11) is 1.83. The van der Waals surface area contributed by atoms with Crippen molar-refractivity contribution < 1.29 is 4.74 Å². The molecular weight excluding hydrogens is 174 g/mol. The number of rotatable bonds is 7. The minimum absolute atomic E-state index is 0.00414. The molecule has 0 bridgehead atoms. The van der Waals surface area contributed by atoms with E-state index in [1.807, 2.05) is 7.11 Å². The van der Waals surface area contributed by atoms with E-state index in [1.54, 1.807) is 0 Å². The average Bonchev–Trinajstić information content (AvgIpc) is 2.19. The molecule has 0 aromatic heterocycles. The van der Waals surface area contributed by atoms with Crippen LogP contribution in [0.4, 0.5) is 0 Å². The third-order valence-corrected chi connectivity index (χ3v) is 3.26. The van der Waals surface area contributed by atoms with Crippen molar-refractivity contribution in [2.24, 2.45) is 5.92 Å². The molecule has 0 aliphatic carbocycles. The van der Waals surface area contributed by atoms with Gasteiger partial charge in [0.2, 0.25) is 0 Å². The van der Waals surface area contributed by atoms with E-state index in [2.05, 4.69) is 39.9 Å². The van der Waals surface area contributed by atoms with Gasteiger partial charge in [-0.25, -0.2) is 0 Å². The Kier molecular flexibility index (Phi) is 6.38. The lowest BCUT2D eigenvalue weighted by molar-refractivity contribution is -0.0586. The third kappa shape index (κ3) is 2.96. The maximum atomic E-state index is 5.75. The predicted octanol–water partition coefficient (Wildman–Crippen LogP) is 2.83. The van der Waals surface area contributed by atoms with Gasteiger partial charge in [0.25, 0.3) is 0 Å². The molecule has 0 saturated heterocycles. The summed E-state index contributed by atoms with van der Waals surface area (Å²) >= 11 is 0. The molecule has 1 atom stereocenters. The van der Waals surface area contributed by atoms with Gasteiger partial charge in [-0.1, -0.05) is 34.6 Å². The molecule has 2 nitrogen and oxygen atoms in total. The van der Waals surface area contributed by atoms with E-state index in [4.69, 9.17) is 4.74 Å². The fraction of sp³-hybridized carbons (Fsp3) is 1.00. The number of methoxy groups -OCH3 is 1. The van der Waals surface area contributed by atoms with Crippen molar-refractivity contribution in [3.05, 3.63) is 0 Å². The smallest absolute Gasteiger partial charge is 0.0828 e. The van der Waals surface area contributed by atoms with Crippen molar-refractivity contribution in [2.45, 2.75) is 59.1 Å². The number of ether oxygens (including phenoxy) is 1. The van der Waals surface area contributed by atoms with Gasteiger partial charge in [-0.3, -0.25) is 0 Å². The maximum absolute atomic E-state index is 5.75. The molecule has 86 valence electrons. The molecule has 1 unspecified atom stereocenters. The largest absolute Gasteiger partial charge is 0.377 e. The first kappa shape index (κ1) is 13.9. The van der Waals surface area contributed by atoms with Gasteiger partial charge in [-0.15, -0.1) is 0 Å². The van der Waals surface area contributed by atoms with Gasteiger partial charge in [-0.2, -0.15) is 0 Å². The number of nitrogens with one attached hydrogen (secondary N) is 1. The first-order chi connectivity index (χ1) is 6.57. The molecule has 0 aromatic rings. The molecule has 0 aliphatic heterocycles. The lowest BCUT2D eigenvalue weighted by Crippen LogP contribution is -2.54. The highest BCUT2D eigenvalue weighted by molar-refractivity contribution is 4.92. The predicted molar refractivity (Wildman–Crippen MR) is 62.6 cm³/mol. The van der Waals surface area contributed by atoms with E-state index in [9.17, 15) is 0 Å². The number of likely N-dealkylation sites (N-methyl/N-ethyl adjacent to an activating group) is 1. The first-order valence-electron chi connectivity index (χ1n) is 5.86. The zero-order chi connectivity index (χ0) is 11.2. The van der Waals surface area contributed by atoms with Crippen molar-refractivity contribution in [1.82, 2.24) is 5.32 Å². The molecule has 14 heavy (non-hydrogen) atoms. The van der Waals surface area contributed by atoms with Crippen molar-refractivity contribution >= 4 is 0 Å². The Labute approximate surface area is 89.4 Å². The van der Waals surface area contributed by atoms with Crippen LogP contribution < -0.4 is 5.32 Å². The Morgan fingerprint density at radius 1 is 1.14 bits per heavy atom. The Bertz CT molecular complexity index is 133. The van der Waals surface area contributed by atoms with Gasteiger partial charge >= 0.3 is 0 Å². The van der Waals surface area contributed by atoms with E-state index in [-0.39, 0.29) is 5.60 Å². The molecule has 0 amide bonds. The topological polar surface area (TPSA) is 21.3 Å². The lowest BCUT2D eigenvalue weighted by atomic mass is 9.82. The van der Waals surface area contributed by atoms with Crippen LogP contribution in [0.5, 0.6) is 0 Å². The van der Waals surface area contributed by atoms with Gasteiger partial charge in [-0.05, 0) is 25.3 Å². The van der Waals surface area contributed by atoms with Gasteiger partial charge in [0.05, 0.1) is 5.60 Å². The van der Waals surface area contributed by atoms with E-state index in [0.717, 1.165) is 19.4 Å². The SMILES string of the molecule is CCNC(C(C)C)C(CC)(CC)OC. The zero-order valence-corrected chi connectivity index (χ0v) is 10.7. The second-order valence-electron chi connectivity index (χ2n) is 4.26. The van der Waals surface area contributed by atoms with Crippen LogP contribution in [0.3, 0.4) is 0 Å². The highest BCUT2D eigenvalue weighted by Gasteiger charge is 2.36. The second-order valence-corrected chi connectivity index (χ2v) is 4.26. The minimum Gasteiger partial charge on any atom is -0.377 e. The summed E-state index contributed by atoms with van der Waals surface area (Å²) in [5.41, 5.74) is 0.00414. The van der Waals surface area contributed by atoms with E-state index < -0.39 is 0 Å². The van der Waals surface area contributed by atoms with Crippen molar-refractivity contribution in [1.29, 1.82) is 0 Å². The molecule has 1 N–H and O–H groups in total. The average molecular weight is 201 g/mol. The normalized spacial score (nSPS) is 14.8. The highest BCUT2D eigenvalue weighted by Crippen LogP contribution is 2.28. The molecule has 0 fully saturated rings. The molecule has 0 spiro atoms. The Balaban J connectivity index is 4.70. The fourth-order valence-electron chi connectivity index (χ4n) is 2.35. The van der Waals surface area contributed by atoms with Gasteiger partial charge in [0.1, 0.15) is 0 Å². The lowest BCUT2D eigenvalue weighted by Gasteiger charge is -2.41. The van der Waals surface area contributed by atoms with Crippen LogP contribution >= 0.6 is 0 Å². The quantitative estimate of drug-likeness (QED) is 0.684. The summed E-state index contributed by atoms with van der Waals surface area (Å²) in [6.07, 6.45) is 2.13. The van der Waals surface area contributed by atoms with Crippen LogP contribution in [0.15, 0.2) is 0 Å². The summed E-state index contributed by atoms with van der Waals surface area (Å²) in [4.78, 5) is 0. The molecule has 0 heterocycles. The van der Waals surface area contributed by atoms with Crippen molar-refractivity contribution in [2.75, 3.05) is 13.7 Å². The van der Waals surface area contributed by atoms with E-state index in [0.29, 0.717) is 12.0 Å². The zero-order valence-electron chi connectivity index (χ0n) is 10.7. The van der Waals surface area contributed by atoms with Crippen LogP contribution in [0, 0.1) is 5.92 Å². The Morgan fingerprint density at radius 3 is 1.86 bits per heavy atom. The standard InChI is InChI=1S/C12H27NO/c1-7-12(8-2,14-6)11(10(4)5)13-9-3/h10-11,13H,7-9H2,1-6H3.